The second-order valence-corrected chi connectivity index (χ2v) is 3.17. The fourth-order valence-corrected chi connectivity index (χ4v) is 1.40. The summed E-state index contributed by atoms with van der Waals surface area (Å²) in [7, 11) is 0. The summed E-state index contributed by atoms with van der Waals surface area (Å²) in [6, 6.07) is 0. The van der Waals surface area contributed by atoms with Gasteiger partial charge in [-0.3, -0.25) is 0 Å². The maximum atomic E-state index is 10.6. The van der Waals surface area contributed by atoms with Crippen molar-refractivity contribution >= 4 is 6.09 Å². The third-order valence-electron chi connectivity index (χ3n) is 2.14. The Bertz CT molecular complexity index is 185. The summed E-state index contributed by atoms with van der Waals surface area (Å²) in [5.74, 6) is 0. The van der Waals surface area contributed by atoms with Crippen molar-refractivity contribution in [1.29, 1.82) is 0 Å². The van der Waals surface area contributed by atoms with Crippen LogP contribution in [0.3, 0.4) is 0 Å². The van der Waals surface area contributed by atoms with E-state index in [1.165, 1.54) is 4.90 Å². The molecule has 0 aromatic rings. The van der Waals surface area contributed by atoms with Crippen LogP contribution in [0.1, 0.15) is 13.3 Å². The average molecular weight is 189 g/mol. The maximum absolute atomic E-state index is 10.6. The molecule has 0 aliphatic carbocycles. The zero-order valence-corrected chi connectivity index (χ0v) is 7.64. The number of nitrogens with zero attached hydrogens (tertiary/aromatic N) is 1. The fraction of sp³-hybridized carbons (Fsp3) is 0.875. The molecule has 76 valence electrons. The lowest BCUT2D eigenvalue weighted by atomic mass is 10.2. The third-order valence-corrected chi connectivity index (χ3v) is 2.14. The molecule has 1 amide bonds. The largest absolute Gasteiger partial charge is 0.465 e. The minimum atomic E-state index is -0.938. The van der Waals surface area contributed by atoms with Crippen molar-refractivity contribution in [3.05, 3.63) is 0 Å². The predicted molar refractivity (Wildman–Crippen MR) is 45.6 cm³/mol. The molecule has 0 radical (unpaired) electrons. The molecule has 1 aliphatic rings. The Labute approximate surface area is 76.9 Å². The van der Waals surface area contributed by atoms with Crippen molar-refractivity contribution in [2.45, 2.75) is 25.6 Å². The minimum absolute atomic E-state index is 0.147. The first kappa shape index (κ1) is 10.3. The van der Waals surface area contributed by atoms with E-state index in [4.69, 9.17) is 14.9 Å². The molecule has 1 fully saturated rings. The van der Waals surface area contributed by atoms with Gasteiger partial charge in [0.2, 0.25) is 0 Å². The molecule has 13 heavy (non-hydrogen) atoms. The molecule has 0 bridgehead atoms. The molecule has 0 saturated carbocycles. The molecule has 2 N–H and O–H groups in total. The van der Waals surface area contributed by atoms with Crippen molar-refractivity contribution in [2.75, 3.05) is 19.7 Å². The van der Waals surface area contributed by atoms with Crippen molar-refractivity contribution < 1.29 is 19.7 Å². The molecule has 0 spiro atoms. The summed E-state index contributed by atoms with van der Waals surface area (Å²) in [5, 5.41) is 17.8. The minimum Gasteiger partial charge on any atom is -0.465 e. The number of carbonyl (C=O) groups is 1. The van der Waals surface area contributed by atoms with Crippen molar-refractivity contribution in [3.63, 3.8) is 0 Å². The van der Waals surface area contributed by atoms with E-state index in [1.807, 2.05) is 0 Å². The number of aliphatic hydroxyl groups is 1. The van der Waals surface area contributed by atoms with Crippen molar-refractivity contribution in [1.82, 2.24) is 4.90 Å². The number of ether oxygens (including phenoxy) is 1. The number of carboxylic acid groups (broad SMARTS) is 1. The molecule has 2 unspecified atom stereocenters. The first-order valence-corrected chi connectivity index (χ1v) is 4.41. The van der Waals surface area contributed by atoms with Gasteiger partial charge in [-0.15, -0.1) is 0 Å². The maximum Gasteiger partial charge on any atom is 0.407 e. The van der Waals surface area contributed by atoms with Crippen LogP contribution in [0.25, 0.3) is 0 Å². The number of aliphatic hydroxyl groups excluding tert-OH is 1. The Kier molecular flexibility index (Phi) is 3.50. The van der Waals surface area contributed by atoms with E-state index in [0.717, 1.165) is 0 Å². The van der Waals surface area contributed by atoms with Crippen molar-refractivity contribution in [3.8, 4) is 0 Å². The summed E-state index contributed by atoms with van der Waals surface area (Å²) in [4.78, 5) is 11.9. The summed E-state index contributed by atoms with van der Waals surface area (Å²) in [6.07, 6.45) is -0.986. The summed E-state index contributed by atoms with van der Waals surface area (Å²) < 4.78 is 5.19. The van der Waals surface area contributed by atoms with E-state index >= 15 is 0 Å². The molecule has 0 aromatic carbocycles. The monoisotopic (exact) mass is 189 g/mol. The first-order valence-electron chi connectivity index (χ1n) is 4.41. The van der Waals surface area contributed by atoms with Crippen LogP contribution >= 0.6 is 0 Å². The Morgan fingerprint density at radius 3 is 2.77 bits per heavy atom. The quantitative estimate of drug-likeness (QED) is 0.662. The van der Waals surface area contributed by atoms with Crippen LogP contribution in [-0.2, 0) is 4.74 Å². The van der Waals surface area contributed by atoms with E-state index in [2.05, 4.69) is 0 Å². The second kappa shape index (κ2) is 4.43. The number of hydrogen-bond acceptors (Lipinski definition) is 3. The number of amides is 1. The van der Waals surface area contributed by atoms with E-state index in [1.54, 1.807) is 6.92 Å². The van der Waals surface area contributed by atoms with Gasteiger partial charge in [0.1, 0.15) is 0 Å². The average Bonchev–Trinajstić information content (AvgIpc) is 2.46. The van der Waals surface area contributed by atoms with Gasteiger partial charge in [-0.1, -0.05) is 0 Å². The summed E-state index contributed by atoms with van der Waals surface area (Å²) >= 11 is 0. The highest BCUT2D eigenvalue weighted by molar-refractivity contribution is 5.64. The molecular formula is C8H15NO4. The van der Waals surface area contributed by atoms with Crippen LogP contribution in [0.4, 0.5) is 4.79 Å². The molecule has 1 saturated heterocycles. The lowest BCUT2D eigenvalue weighted by Crippen LogP contribution is -2.36. The Balaban J connectivity index is 2.34. The van der Waals surface area contributed by atoms with Gasteiger partial charge >= 0.3 is 6.09 Å². The predicted octanol–water partition coefficient (Wildman–Crippen LogP) is 0.136. The van der Waals surface area contributed by atoms with E-state index in [-0.39, 0.29) is 6.10 Å². The van der Waals surface area contributed by atoms with Crippen LogP contribution in [-0.4, -0.2) is 53.1 Å². The molecule has 5 heteroatoms. The number of hydrogen-bond donors (Lipinski definition) is 2. The fourth-order valence-electron chi connectivity index (χ4n) is 1.40. The molecule has 2 atom stereocenters. The summed E-state index contributed by atoms with van der Waals surface area (Å²) in [6.45, 7) is 2.90. The van der Waals surface area contributed by atoms with Crippen LogP contribution in [0.2, 0.25) is 0 Å². The topological polar surface area (TPSA) is 70.0 Å². The summed E-state index contributed by atoms with van der Waals surface area (Å²) in [5.41, 5.74) is 0. The highest BCUT2D eigenvalue weighted by Crippen LogP contribution is 2.14. The molecule has 5 nitrogen and oxygen atoms in total. The van der Waals surface area contributed by atoms with E-state index < -0.39 is 12.2 Å². The van der Waals surface area contributed by atoms with Crippen LogP contribution in [0.5, 0.6) is 0 Å². The van der Waals surface area contributed by atoms with Gasteiger partial charge in [0.05, 0.1) is 25.4 Å². The Morgan fingerprint density at radius 1 is 1.69 bits per heavy atom. The van der Waals surface area contributed by atoms with Gasteiger partial charge in [-0.25, -0.2) is 4.79 Å². The van der Waals surface area contributed by atoms with Crippen LogP contribution < -0.4 is 0 Å². The highest BCUT2D eigenvalue weighted by Gasteiger charge is 2.26. The van der Waals surface area contributed by atoms with Gasteiger partial charge in [0, 0.05) is 13.0 Å². The Hall–Kier alpha value is -0.810. The first-order chi connectivity index (χ1) is 6.13. The SMILES string of the molecule is CCN(CC1CC(O)CO1)C(=O)O. The van der Waals surface area contributed by atoms with Gasteiger partial charge in [0.25, 0.3) is 0 Å². The van der Waals surface area contributed by atoms with Crippen molar-refractivity contribution in [2.24, 2.45) is 0 Å². The van der Waals surface area contributed by atoms with E-state index in [0.29, 0.717) is 26.1 Å². The molecule has 1 aliphatic heterocycles. The highest BCUT2D eigenvalue weighted by atomic mass is 16.5. The van der Waals surface area contributed by atoms with Gasteiger partial charge < -0.3 is 19.8 Å². The van der Waals surface area contributed by atoms with Gasteiger partial charge in [-0.05, 0) is 6.92 Å². The van der Waals surface area contributed by atoms with Gasteiger partial charge in [0.15, 0.2) is 0 Å². The van der Waals surface area contributed by atoms with Crippen LogP contribution in [0.15, 0.2) is 0 Å². The zero-order chi connectivity index (χ0) is 9.84. The zero-order valence-electron chi connectivity index (χ0n) is 7.64. The lowest BCUT2D eigenvalue weighted by Gasteiger charge is -2.20. The third kappa shape index (κ3) is 2.86. The lowest BCUT2D eigenvalue weighted by molar-refractivity contribution is 0.0628. The van der Waals surface area contributed by atoms with Crippen LogP contribution in [0, 0.1) is 0 Å². The molecule has 1 rings (SSSR count). The second-order valence-electron chi connectivity index (χ2n) is 3.17. The number of likely N-dealkylation sites (N-methyl/N-ethyl adjacent to an activating group) is 1. The Morgan fingerprint density at radius 2 is 2.38 bits per heavy atom. The smallest absolute Gasteiger partial charge is 0.407 e. The molecule has 1 heterocycles. The molecular weight excluding hydrogens is 174 g/mol. The normalized spacial score (nSPS) is 27.5. The number of rotatable bonds is 3. The van der Waals surface area contributed by atoms with E-state index in [9.17, 15) is 4.79 Å². The van der Waals surface area contributed by atoms with Gasteiger partial charge in [-0.2, -0.15) is 0 Å². The molecule has 0 aromatic heterocycles. The standard InChI is InChI=1S/C8H15NO4/c1-2-9(8(11)12)4-7-3-6(10)5-13-7/h6-7,10H,2-5H2,1H3,(H,11,12).